The van der Waals surface area contributed by atoms with E-state index in [-0.39, 0.29) is 29.9 Å². The largest absolute Gasteiger partial charge is 0.465 e. The number of guanidine groups is 1. The zero-order valence-corrected chi connectivity index (χ0v) is 20.8. The number of ether oxygens (including phenoxy) is 1. The molecule has 3 rings (SSSR count). The summed E-state index contributed by atoms with van der Waals surface area (Å²) >= 11 is 1.48. The van der Waals surface area contributed by atoms with Gasteiger partial charge in [0.15, 0.2) is 5.96 Å². The number of aliphatic imine (C=N–C) groups is 1. The molecular weight excluding hydrogens is 515 g/mol. The second-order valence-corrected chi connectivity index (χ2v) is 7.46. The number of aromatic nitrogens is 2. The highest BCUT2D eigenvalue weighted by molar-refractivity contribution is 14.0. The van der Waals surface area contributed by atoms with Gasteiger partial charge in [-0.15, -0.1) is 24.0 Å². The molecule has 1 aliphatic heterocycles. The van der Waals surface area contributed by atoms with E-state index in [1.807, 2.05) is 19.2 Å². The van der Waals surface area contributed by atoms with Crippen molar-refractivity contribution in [3.05, 3.63) is 41.2 Å². The summed E-state index contributed by atoms with van der Waals surface area (Å²) in [6, 6.07) is 7.52. The van der Waals surface area contributed by atoms with Gasteiger partial charge in [0.25, 0.3) is 0 Å². The van der Waals surface area contributed by atoms with Gasteiger partial charge in [-0.1, -0.05) is 19.1 Å². The van der Waals surface area contributed by atoms with Crippen molar-refractivity contribution in [2.75, 3.05) is 51.8 Å². The number of methoxy groups -OCH3 is 1. The smallest absolute Gasteiger partial charge is 0.337 e. The van der Waals surface area contributed by atoms with Gasteiger partial charge in [0.2, 0.25) is 5.13 Å². The van der Waals surface area contributed by atoms with Gasteiger partial charge in [-0.25, -0.2) is 9.78 Å². The Hall–Kier alpha value is -1.95. The molecule has 0 bridgehead atoms. The number of benzene rings is 1. The summed E-state index contributed by atoms with van der Waals surface area (Å²) in [5, 5.41) is 4.46. The first-order chi connectivity index (χ1) is 14.1. The first-order valence-corrected chi connectivity index (χ1v) is 10.6. The normalized spacial score (nSPS) is 14.3. The van der Waals surface area contributed by atoms with Crippen molar-refractivity contribution in [1.29, 1.82) is 0 Å². The van der Waals surface area contributed by atoms with Crippen molar-refractivity contribution in [3.8, 4) is 0 Å². The Balaban J connectivity index is 0.00000320. The number of hydrogen-bond acceptors (Lipinski definition) is 7. The molecule has 1 saturated heterocycles. The maximum Gasteiger partial charge on any atom is 0.337 e. The van der Waals surface area contributed by atoms with Crippen molar-refractivity contribution in [2.24, 2.45) is 4.99 Å². The van der Waals surface area contributed by atoms with E-state index < -0.39 is 0 Å². The minimum atomic E-state index is -0.311. The maximum absolute atomic E-state index is 11.5. The first-order valence-electron chi connectivity index (χ1n) is 9.85. The van der Waals surface area contributed by atoms with Crippen molar-refractivity contribution in [3.63, 3.8) is 0 Å². The van der Waals surface area contributed by atoms with Crippen molar-refractivity contribution in [2.45, 2.75) is 19.8 Å². The van der Waals surface area contributed by atoms with Crippen LogP contribution < -0.4 is 10.2 Å². The van der Waals surface area contributed by atoms with Crippen molar-refractivity contribution < 1.29 is 9.53 Å². The molecule has 1 N–H and O–H groups in total. The highest BCUT2D eigenvalue weighted by Crippen LogP contribution is 2.19. The summed E-state index contributed by atoms with van der Waals surface area (Å²) in [7, 11) is 3.21. The van der Waals surface area contributed by atoms with Gasteiger partial charge < -0.3 is 19.9 Å². The van der Waals surface area contributed by atoms with Crippen LogP contribution >= 0.6 is 35.5 Å². The van der Waals surface area contributed by atoms with Gasteiger partial charge >= 0.3 is 5.97 Å². The topological polar surface area (TPSA) is 83.0 Å². The molecular formula is C20H29IN6O2S. The monoisotopic (exact) mass is 544 g/mol. The number of piperazine rings is 1. The molecule has 1 aromatic heterocycles. The molecule has 0 radical (unpaired) electrons. The number of anilines is 1. The van der Waals surface area contributed by atoms with Gasteiger partial charge in [-0.3, -0.25) is 4.99 Å². The van der Waals surface area contributed by atoms with Gasteiger partial charge in [-0.2, -0.15) is 4.37 Å². The fraction of sp³-hybridized carbons (Fsp3) is 0.500. The van der Waals surface area contributed by atoms with E-state index in [9.17, 15) is 4.79 Å². The molecule has 164 valence electrons. The molecule has 30 heavy (non-hydrogen) atoms. The molecule has 0 aliphatic carbocycles. The van der Waals surface area contributed by atoms with Gasteiger partial charge in [0, 0.05) is 57.7 Å². The Morgan fingerprint density at radius 1 is 1.23 bits per heavy atom. The summed E-state index contributed by atoms with van der Waals surface area (Å²) in [4.78, 5) is 25.1. The number of aryl methyl sites for hydroxylation is 1. The molecule has 0 spiro atoms. The lowest BCUT2D eigenvalue weighted by molar-refractivity contribution is 0.0600. The van der Waals surface area contributed by atoms with Crippen LogP contribution in [0.15, 0.2) is 29.3 Å². The van der Waals surface area contributed by atoms with Crippen LogP contribution in [-0.4, -0.2) is 73.1 Å². The van der Waals surface area contributed by atoms with Crippen molar-refractivity contribution in [1.82, 2.24) is 19.6 Å². The van der Waals surface area contributed by atoms with E-state index in [1.54, 1.807) is 12.1 Å². The second-order valence-electron chi connectivity index (χ2n) is 6.73. The van der Waals surface area contributed by atoms with Gasteiger partial charge in [0.05, 0.1) is 12.7 Å². The van der Waals surface area contributed by atoms with Crippen LogP contribution in [0.4, 0.5) is 5.13 Å². The number of carbonyl (C=O) groups is 1. The Labute approximate surface area is 198 Å². The molecule has 0 unspecified atom stereocenters. The number of nitrogens with zero attached hydrogens (tertiary/aromatic N) is 5. The van der Waals surface area contributed by atoms with Gasteiger partial charge in [-0.05, 0) is 24.1 Å². The standard InChI is InChI=1S/C20H28N6O2S.HI/c1-4-17-23-20(29-24-17)26-13-11-25(12-14-26)19(21-2)22-10-9-15-5-7-16(8-6-15)18(27)28-3;/h5-8H,4,9-14H2,1-3H3,(H,21,22);1H. The lowest BCUT2D eigenvalue weighted by atomic mass is 10.1. The average molecular weight is 544 g/mol. The van der Waals surface area contributed by atoms with E-state index in [2.05, 4.69) is 36.4 Å². The molecule has 1 aliphatic rings. The predicted octanol–water partition coefficient (Wildman–Crippen LogP) is 2.45. The van der Waals surface area contributed by atoms with E-state index in [0.29, 0.717) is 5.56 Å². The van der Waals surface area contributed by atoms with Gasteiger partial charge in [0.1, 0.15) is 5.82 Å². The zero-order chi connectivity index (χ0) is 20.6. The molecule has 8 nitrogen and oxygen atoms in total. The van der Waals surface area contributed by atoms with Crippen molar-refractivity contribution >= 4 is 52.6 Å². The Morgan fingerprint density at radius 3 is 2.50 bits per heavy atom. The van der Waals surface area contributed by atoms with E-state index in [1.165, 1.54) is 18.6 Å². The van der Waals surface area contributed by atoms with E-state index in [0.717, 1.165) is 68.0 Å². The zero-order valence-electron chi connectivity index (χ0n) is 17.6. The molecule has 0 saturated carbocycles. The van der Waals surface area contributed by atoms with Crippen LogP contribution in [0.25, 0.3) is 0 Å². The summed E-state index contributed by atoms with van der Waals surface area (Å²) in [5.74, 6) is 1.53. The summed E-state index contributed by atoms with van der Waals surface area (Å²) in [6.07, 6.45) is 1.73. The van der Waals surface area contributed by atoms with E-state index in [4.69, 9.17) is 4.74 Å². The van der Waals surface area contributed by atoms with E-state index >= 15 is 0 Å². The molecule has 2 heterocycles. The molecule has 10 heteroatoms. The molecule has 2 aromatic rings. The van der Waals surface area contributed by atoms with Crippen LogP contribution in [0, 0.1) is 0 Å². The second kappa shape index (κ2) is 12.0. The summed E-state index contributed by atoms with van der Waals surface area (Å²) in [6.45, 7) is 6.47. The number of halogens is 1. The lowest BCUT2D eigenvalue weighted by Crippen LogP contribution is -2.52. The van der Waals surface area contributed by atoms with Crippen LogP contribution in [0.1, 0.15) is 28.7 Å². The third-order valence-corrected chi connectivity index (χ3v) is 5.72. The quantitative estimate of drug-likeness (QED) is 0.259. The predicted molar refractivity (Wildman–Crippen MR) is 131 cm³/mol. The SMILES string of the molecule is CCc1nsc(N2CCN(C(=NC)NCCc3ccc(C(=O)OC)cc3)CC2)n1.I. The maximum atomic E-state index is 11.5. The molecule has 1 aromatic carbocycles. The third-order valence-electron chi connectivity index (χ3n) is 4.91. The highest BCUT2D eigenvalue weighted by atomic mass is 127. The lowest BCUT2D eigenvalue weighted by Gasteiger charge is -2.36. The first kappa shape index (κ1) is 24.3. The fourth-order valence-electron chi connectivity index (χ4n) is 3.20. The Kier molecular flexibility index (Phi) is 9.76. The Morgan fingerprint density at radius 2 is 1.93 bits per heavy atom. The van der Waals surface area contributed by atoms with Crippen LogP contribution in [0.2, 0.25) is 0 Å². The van der Waals surface area contributed by atoms with Crippen LogP contribution in [0.5, 0.6) is 0 Å². The van der Waals surface area contributed by atoms with Crippen LogP contribution in [-0.2, 0) is 17.6 Å². The third kappa shape index (κ3) is 6.27. The minimum Gasteiger partial charge on any atom is -0.465 e. The number of esters is 1. The summed E-state index contributed by atoms with van der Waals surface area (Å²) < 4.78 is 9.11. The number of hydrogen-bond donors (Lipinski definition) is 1. The Bertz CT molecular complexity index is 834. The number of nitrogens with one attached hydrogen (secondary N) is 1. The number of rotatable bonds is 6. The molecule has 1 fully saturated rings. The van der Waals surface area contributed by atoms with Crippen LogP contribution in [0.3, 0.4) is 0 Å². The average Bonchev–Trinajstić information content (AvgIpc) is 3.26. The molecule has 0 atom stereocenters. The number of carbonyl (C=O) groups excluding carboxylic acids is 1. The molecule has 0 amide bonds. The highest BCUT2D eigenvalue weighted by Gasteiger charge is 2.21. The summed E-state index contributed by atoms with van der Waals surface area (Å²) in [5.41, 5.74) is 1.73. The fourth-order valence-corrected chi connectivity index (χ4v) is 4.00. The minimum absolute atomic E-state index is 0.